The maximum Gasteiger partial charge on any atom is 0.422 e. The molecule has 0 spiro atoms. The van der Waals surface area contributed by atoms with Gasteiger partial charge >= 0.3 is 6.18 Å². The Morgan fingerprint density at radius 3 is 2.58 bits per heavy atom. The van der Waals surface area contributed by atoms with E-state index in [9.17, 15) is 27.2 Å². The van der Waals surface area contributed by atoms with Gasteiger partial charge in [0.2, 0.25) is 0 Å². The van der Waals surface area contributed by atoms with Gasteiger partial charge in [-0.05, 0) is 12.1 Å². The van der Waals surface area contributed by atoms with Crippen molar-refractivity contribution in [3.8, 4) is 5.75 Å². The fraction of sp³-hybridized carbons (Fsp3) is 0.286. The van der Waals surface area contributed by atoms with Crippen molar-refractivity contribution in [2.45, 2.75) is 6.18 Å². The molecule has 2 amide bonds. The number of benzene rings is 1. The van der Waals surface area contributed by atoms with Crippen molar-refractivity contribution in [2.24, 2.45) is 0 Å². The molecule has 0 radical (unpaired) electrons. The van der Waals surface area contributed by atoms with Crippen LogP contribution in [-0.4, -0.2) is 47.8 Å². The Morgan fingerprint density at radius 1 is 1.25 bits per heavy atom. The average Bonchev–Trinajstić information content (AvgIpc) is 2.73. The van der Waals surface area contributed by atoms with E-state index in [4.69, 9.17) is 5.11 Å². The summed E-state index contributed by atoms with van der Waals surface area (Å²) in [6.07, 6.45) is -3.70. The van der Waals surface area contributed by atoms with Crippen molar-refractivity contribution in [3.05, 3.63) is 35.8 Å². The lowest BCUT2D eigenvalue weighted by Gasteiger charge is -2.16. The molecule has 1 aromatic rings. The highest BCUT2D eigenvalue weighted by atomic mass is 19.4. The van der Waals surface area contributed by atoms with Gasteiger partial charge in [0.25, 0.3) is 11.8 Å². The van der Waals surface area contributed by atoms with Crippen LogP contribution in [0.5, 0.6) is 5.75 Å². The zero-order chi connectivity index (χ0) is 17.9. The van der Waals surface area contributed by atoms with Crippen LogP contribution in [0.3, 0.4) is 0 Å². The number of aliphatic hydroxyl groups is 1. The highest BCUT2D eigenvalue weighted by molar-refractivity contribution is 6.17. The summed E-state index contributed by atoms with van der Waals surface area (Å²) in [6, 6.07) is 2.70. The summed E-state index contributed by atoms with van der Waals surface area (Å²) in [6.45, 7) is -2.28. The van der Waals surface area contributed by atoms with E-state index >= 15 is 0 Å². The second kappa shape index (κ2) is 6.87. The number of nitrogens with zero attached hydrogens (tertiary/aromatic N) is 1. The van der Waals surface area contributed by atoms with Crippen LogP contribution in [0.4, 0.5) is 23.2 Å². The minimum Gasteiger partial charge on any atom is -0.482 e. The van der Waals surface area contributed by atoms with E-state index in [0.29, 0.717) is 0 Å². The number of amides is 2. The smallest absolute Gasteiger partial charge is 0.422 e. The molecule has 130 valence electrons. The van der Waals surface area contributed by atoms with E-state index in [2.05, 4.69) is 10.1 Å². The largest absolute Gasteiger partial charge is 0.482 e. The number of hydrogen-bond donors (Lipinski definition) is 2. The zero-order valence-corrected chi connectivity index (χ0v) is 12.1. The van der Waals surface area contributed by atoms with Gasteiger partial charge in [-0.1, -0.05) is 0 Å². The number of aliphatic hydroxyl groups excluding tert-OH is 1. The molecule has 0 aromatic heterocycles. The number of rotatable bonds is 6. The molecule has 10 heteroatoms. The molecule has 0 unspecified atom stereocenters. The Bertz CT molecular complexity index is 688. The number of carbonyl (C=O) groups is 2. The first kappa shape index (κ1) is 17.7. The van der Waals surface area contributed by atoms with Crippen molar-refractivity contribution < 1.29 is 37.0 Å². The molecule has 1 heterocycles. The number of nitrogens with one attached hydrogen (secondary N) is 1. The van der Waals surface area contributed by atoms with Crippen LogP contribution in [0.2, 0.25) is 0 Å². The SMILES string of the molecule is O=C1C=C(Nc2cc(F)ccc2OCC(F)(F)F)C(=O)N1CCO. The van der Waals surface area contributed by atoms with Gasteiger partial charge in [0.05, 0.1) is 18.8 Å². The Labute approximate surface area is 133 Å². The molecule has 0 saturated heterocycles. The topological polar surface area (TPSA) is 78.9 Å². The van der Waals surface area contributed by atoms with Crippen LogP contribution in [-0.2, 0) is 9.59 Å². The number of halogens is 4. The first-order chi connectivity index (χ1) is 11.2. The van der Waals surface area contributed by atoms with Gasteiger partial charge in [-0.3, -0.25) is 14.5 Å². The van der Waals surface area contributed by atoms with E-state index in [0.717, 1.165) is 29.2 Å². The van der Waals surface area contributed by atoms with Crippen molar-refractivity contribution in [2.75, 3.05) is 25.1 Å². The van der Waals surface area contributed by atoms with Crippen molar-refractivity contribution >= 4 is 17.5 Å². The second-order valence-electron chi connectivity index (χ2n) is 4.75. The van der Waals surface area contributed by atoms with Gasteiger partial charge in [0.15, 0.2) is 6.61 Å². The van der Waals surface area contributed by atoms with Gasteiger partial charge in [-0.2, -0.15) is 13.2 Å². The lowest BCUT2D eigenvalue weighted by molar-refractivity contribution is -0.153. The highest BCUT2D eigenvalue weighted by Gasteiger charge is 2.32. The molecule has 1 aliphatic heterocycles. The minimum absolute atomic E-state index is 0.236. The third-order valence-electron chi connectivity index (χ3n) is 2.94. The molecular weight excluding hydrogens is 336 g/mol. The molecule has 1 aromatic carbocycles. The molecule has 0 atom stereocenters. The second-order valence-corrected chi connectivity index (χ2v) is 4.75. The maximum atomic E-state index is 13.3. The van der Waals surface area contributed by atoms with Crippen molar-refractivity contribution in [3.63, 3.8) is 0 Å². The van der Waals surface area contributed by atoms with E-state index in [1.807, 2.05) is 0 Å². The molecular formula is C14H12F4N2O4. The summed E-state index contributed by atoms with van der Waals surface area (Å²) in [4.78, 5) is 24.3. The predicted octanol–water partition coefficient (Wildman–Crippen LogP) is 1.42. The Kier molecular flexibility index (Phi) is 5.07. The molecule has 0 aliphatic carbocycles. The number of ether oxygens (including phenoxy) is 1. The molecule has 6 nitrogen and oxygen atoms in total. The summed E-state index contributed by atoms with van der Waals surface area (Å²) < 4.78 is 54.6. The van der Waals surface area contributed by atoms with Crippen molar-refractivity contribution in [1.29, 1.82) is 0 Å². The Hall–Kier alpha value is -2.62. The summed E-state index contributed by atoms with van der Waals surface area (Å²) >= 11 is 0. The molecule has 24 heavy (non-hydrogen) atoms. The molecule has 0 fully saturated rings. The lowest BCUT2D eigenvalue weighted by atomic mass is 10.2. The average molecular weight is 348 g/mol. The highest BCUT2D eigenvalue weighted by Crippen LogP contribution is 2.29. The first-order valence-electron chi connectivity index (χ1n) is 6.66. The molecule has 2 rings (SSSR count). The van der Waals surface area contributed by atoms with E-state index in [-0.39, 0.29) is 23.7 Å². The van der Waals surface area contributed by atoms with Gasteiger partial charge in [-0.25, -0.2) is 4.39 Å². The molecule has 2 N–H and O–H groups in total. The molecule has 0 bridgehead atoms. The van der Waals surface area contributed by atoms with Gasteiger partial charge < -0.3 is 15.2 Å². The standard InChI is InChI=1S/C14H12F4N2O4/c15-8-1-2-11(24-7-14(16,17)18)9(5-8)19-10-6-12(22)20(3-4-21)13(10)23/h1-2,5-6,19,21H,3-4,7H2. The van der Waals surface area contributed by atoms with Gasteiger partial charge in [0, 0.05) is 12.1 Å². The number of hydrogen-bond acceptors (Lipinski definition) is 5. The van der Waals surface area contributed by atoms with Crippen LogP contribution < -0.4 is 10.1 Å². The number of carbonyl (C=O) groups excluding carboxylic acids is 2. The van der Waals surface area contributed by atoms with Crippen LogP contribution in [0.15, 0.2) is 30.0 Å². The zero-order valence-electron chi connectivity index (χ0n) is 12.1. The third-order valence-corrected chi connectivity index (χ3v) is 2.94. The van der Waals surface area contributed by atoms with E-state index < -0.39 is 37.0 Å². The van der Waals surface area contributed by atoms with E-state index in [1.54, 1.807) is 0 Å². The van der Waals surface area contributed by atoms with Crippen LogP contribution in [0, 0.1) is 5.82 Å². The lowest BCUT2D eigenvalue weighted by Crippen LogP contribution is -2.34. The monoisotopic (exact) mass is 348 g/mol. The summed E-state index contributed by atoms with van der Waals surface area (Å²) in [5.74, 6) is -2.61. The van der Waals surface area contributed by atoms with Crippen LogP contribution >= 0.6 is 0 Å². The predicted molar refractivity (Wildman–Crippen MR) is 73.5 cm³/mol. The van der Waals surface area contributed by atoms with Gasteiger partial charge in [0.1, 0.15) is 17.3 Å². The normalized spacial score (nSPS) is 14.9. The summed E-state index contributed by atoms with van der Waals surface area (Å²) in [5.41, 5.74) is -0.506. The fourth-order valence-corrected chi connectivity index (χ4v) is 1.94. The first-order valence-corrected chi connectivity index (χ1v) is 6.66. The minimum atomic E-state index is -4.60. The van der Waals surface area contributed by atoms with Crippen LogP contribution in [0.25, 0.3) is 0 Å². The van der Waals surface area contributed by atoms with Crippen LogP contribution in [0.1, 0.15) is 0 Å². The molecule has 0 saturated carbocycles. The number of β-amino-alcohol motifs (C(OH)–C–C–N with tert-alkyl or cyclic N) is 1. The van der Waals surface area contributed by atoms with E-state index in [1.165, 1.54) is 0 Å². The number of imide groups is 1. The third kappa shape index (κ3) is 4.22. The summed E-state index contributed by atoms with van der Waals surface area (Å²) in [5, 5.41) is 11.2. The number of alkyl halides is 3. The quantitative estimate of drug-likeness (QED) is 0.601. The summed E-state index contributed by atoms with van der Waals surface area (Å²) in [7, 11) is 0. The number of anilines is 1. The van der Waals surface area contributed by atoms with Gasteiger partial charge in [-0.15, -0.1) is 0 Å². The maximum absolute atomic E-state index is 13.3. The molecule has 1 aliphatic rings. The van der Waals surface area contributed by atoms with Crippen molar-refractivity contribution in [1.82, 2.24) is 4.90 Å². The Balaban J connectivity index is 2.20. The Morgan fingerprint density at radius 2 is 1.96 bits per heavy atom. The fourth-order valence-electron chi connectivity index (χ4n) is 1.94.